The summed E-state index contributed by atoms with van der Waals surface area (Å²) in [5, 5.41) is 1.12. The van der Waals surface area contributed by atoms with E-state index in [0.717, 1.165) is 0 Å². The molecule has 162 valence electrons. The van der Waals surface area contributed by atoms with Crippen molar-refractivity contribution in [2.24, 2.45) is 0 Å². The van der Waals surface area contributed by atoms with Gasteiger partial charge in [-0.15, -0.1) is 0 Å². The number of aromatic amines is 1. The van der Waals surface area contributed by atoms with Gasteiger partial charge in [-0.1, -0.05) is 11.6 Å². The minimum absolute atomic E-state index is 0.0385. The maximum absolute atomic E-state index is 12.8. The van der Waals surface area contributed by atoms with E-state index < -0.39 is 28.0 Å². The maximum Gasteiger partial charge on any atom is 0.256 e. The van der Waals surface area contributed by atoms with Crippen LogP contribution in [0.15, 0.2) is 29.3 Å². The number of hydrogen-bond acceptors (Lipinski definition) is 5. The number of nitrogens with zero attached hydrogens (tertiary/aromatic N) is 2. The topological polar surface area (TPSA) is 112 Å². The summed E-state index contributed by atoms with van der Waals surface area (Å²) in [6.45, 7) is 3.92. The maximum atomic E-state index is 12.8. The van der Waals surface area contributed by atoms with E-state index in [2.05, 4.69) is 9.71 Å². The highest BCUT2D eigenvalue weighted by molar-refractivity contribution is 7.89. The number of benzene rings is 1. The third-order valence-corrected chi connectivity index (χ3v) is 7.16. The van der Waals surface area contributed by atoms with Crippen LogP contribution in [0.1, 0.15) is 13.3 Å². The van der Waals surface area contributed by atoms with Crippen LogP contribution in [0, 0.1) is 0 Å². The summed E-state index contributed by atoms with van der Waals surface area (Å²) in [6, 6.07) is 4.93. The Kier molecular flexibility index (Phi) is 5.75. The molecule has 2 aliphatic rings. The van der Waals surface area contributed by atoms with Crippen molar-refractivity contribution in [3.63, 3.8) is 0 Å². The first-order chi connectivity index (χ1) is 14.3. The second-order valence-electron chi connectivity index (χ2n) is 7.47. The van der Waals surface area contributed by atoms with Gasteiger partial charge in [0.1, 0.15) is 17.1 Å². The van der Waals surface area contributed by atoms with Crippen LogP contribution in [0.2, 0.25) is 5.02 Å². The average molecular weight is 455 g/mol. The molecule has 30 heavy (non-hydrogen) atoms. The molecule has 11 heteroatoms. The van der Waals surface area contributed by atoms with Crippen molar-refractivity contribution in [3.05, 3.63) is 29.3 Å². The number of fused-ring (bicyclic) bond motifs is 1. The molecule has 2 amide bonds. The number of aromatic nitrogens is 1. The normalized spacial score (nSPS) is 21.4. The molecule has 2 N–H and O–H groups in total. The zero-order chi connectivity index (χ0) is 21.5. The lowest BCUT2D eigenvalue weighted by molar-refractivity contribution is -0.146. The largest absolute Gasteiger partial charge is 0.378 e. The summed E-state index contributed by atoms with van der Waals surface area (Å²) >= 11 is 5.96. The number of carbonyl (C=O) groups excluding carboxylic acids is 2. The molecular formula is C19H23ClN4O5S. The second kappa shape index (κ2) is 8.18. The van der Waals surface area contributed by atoms with Gasteiger partial charge in [0.25, 0.3) is 10.0 Å². The molecule has 1 aromatic carbocycles. The molecule has 0 spiro atoms. The van der Waals surface area contributed by atoms with Crippen molar-refractivity contribution in [1.82, 2.24) is 19.5 Å². The molecule has 0 bridgehead atoms. The van der Waals surface area contributed by atoms with Gasteiger partial charge in [0, 0.05) is 35.6 Å². The van der Waals surface area contributed by atoms with E-state index in [-0.39, 0.29) is 10.9 Å². The number of sulfonamides is 1. The lowest BCUT2D eigenvalue weighted by Crippen LogP contribution is -2.52. The predicted molar refractivity (Wildman–Crippen MR) is 111 cm³/mol. The smallest absolute Gasteiger partial charge is 0.256 e. The lowest BCUT2D eigenvalue weighted by atomic mass is 10.2. The zero-order valence-electron chi connectivity index (χ0n) is 16.4. The molecule has 3 heterocycles. The van der Waals surface area contributed by atoms with Crippen molar-refractivity contribution in [1.29, 1.82) is 0 Å². The Labute approximate surface area is 179 Å². The van der Waals surface area contributed by atoms with Gasteiger partial charge in [-0.05, 0) is 37.6 Å². The van der Waals surface area contributed by atoms with E-state index in [9.17, 15) is 18.0 Å². The van der Waals surface area contributed by atoms with E-state index in [1.54, 1.807) is 30.0 Å². The van der Waals surface area contributed by atoms with Gasteiger partial charge in [-0.2, -0.15) is 4.72 Å². The van der Waals surface area contributed by atoms with Crippen LogP contribution in [0.5, 0.6) is 0 Å². The summed E-state index contributed by atoms with van der Waals surface area (Å²) in [6.07, 6.45) is 0.296. The zero-order valence-corrected chi connectivity index (χ0v) is 18.0. The Morgan fingerprint density at radius 1 is 1.27 bits per heavy atom. The van der Waals surface area contributed by atoms with Crippen molar-refractivity contribution in [2.45, 2.75) is 30.5 Å². The van der Waals surface area contributed by atoms with Gasteiger partial charge >= 0.3 is 0 Å². The van der Waals surface area contributed by atoms with Crippen LogP contribution in [0.4, 0.5) is 0 Å². The van der Waals surface area contributed by atoms with E-state index in [0.29, 0.717) is 55.2 Å². The van der Waals surface area contributed by atoms with Crippen molar-refractivity contribution >= 4 is 44.3 Å². The number of rotatable bonds is 5. The molecule has 2 atom stereocenters. The minimum atomic E-state index is -3.95. The fourth-order valence-electron chi connectivity index (χ4n) is 3.85. The summed E-state index contributed by atoms with van der Waals surface area (Å²) in [4.78, 5) is 31.5. The van der Waals surface area contributed by atoms with Gasteiger partial charge in [0.15, 0.2) is 0 Å². The first kappa shape index (κ1) is 21.1. The van der Waals surface area contributed by atoms with Crippen LogP contribution < -0.4 is 4.72 Å². The lowest BCUT2D eigenvalue weighted by Gasteiger charge is -2.32. The highest BCUT2D eigenvalue weighted by Gasteiger charge is 2.40. The molecule has 2 aliphatic heterocycles. The molecule has 4 rings (SSSR count). The van der Waals surface area contributed by atoms with Gasteiger partial charge in [0.05, 0.1) is 13.2 Å². The number of nitrogens with one attached hydrogen (secondary N) is 2. The molecule has 0 aliphatic carbocycles. The Bertz CT molecular complexity index is 1080. The third kappa shape index (κ3) is 4.04. The molecule has 1 aromatic heterocycles. The number of likely N-dealkylation sites (tertiary alicyclic amines) is 1. The number of H-pyrrole nitrogens is 1. The van der Waals surface area contributed by atoms with E-state index in [4.69, 9.17) is 16.3 Å². The van der Waals surface area contributed by atoms with Gasteiger partial charge in [-0.25, -0.2) is 8.42 Å². The molecule has 2 saturated heterocycles. The summed E-state index contributed by atoms with van der Waals surface area (Å²) in [5.41, 5.74) is 0.629. The van der Waals surface area contributed by atoms with Gasteiger partial charge < -0.3 is 19.5 Å². The summed E-state index contributed by atoms with van der Waals surface area (Å²) < 4.78 is 33.4. The van der Waals surface area contributed by atoms with E-state index >= 15 is 0 Å². The Hall–Kier alpha value is -2.14. The summed E-state index contributed by atoms with van der Waals surface area (Å²) in [7, 11) is -3.95. The van der Waals surface area contributed by atoms with Crippen LogP contribution in [-0.2, 0) is 24.3 Å². The van der Waals surface area contributed by atoms with Crippen LogP contribution in [-0.4, -0.2) is 79.9 Å². The van der Waals surface area contributed by atoms with Crippen LogP contribution in [0.3, 0.4) is 0 Å². The predicted octanol–water partition coefficient (Wildman–Crippen LogP) is 0.948. The van der Waals surface area contributed by atoms with Crippen molar-refractivity contribution < 1.29 is 22.7 Å². The molecule has 2 unspecified atom stereocenters. The van der Waals surface area contributed by atoms with Gasteiger partial charge in [0.2, 0.25) is 11.8 Å². The fraction of sp³-hybridized carbons (Fsp3) is 0.474. The highest BCUT2D eigenvalue weighted by atomic mass is 35.5. The van der Waals surface area contributed by atoms with Crippen molar-refractivity contribution in [2.75, 3.05) is 32.8 Å². The molecule has 0 saturated carbocycles. The molecule has 2 fully saturated rings. The van der Waals surface area contributed by atoms with Crippen LogP contribution in [0.25, 0.3) is 10.9 Å². The monoisotopic (exact) mass is 454 g/mol. The number of carbonyl (C=O) groups is 2. The first-order valence-corrected chi connectivity index (χ1v) is 11.6. The standard InChI is InChI=1S/C19H23ClN4O5S/c1-12(18(25)23-6-8-29-9-7-23)24-5-4-16(19(24)26)22-30(27,28)17-11-13-10-14(20)2-3-15(13)21-17/h2-3,10-12,16,21-22H,4-9H2,1H3. The molecule has 9 nitrogen and oxygen atoms in total. The molecular weight excluding hydrogens is 432 g/mol. The van der Waals surface area contributed by atoms with Crippen molar-refractivity contribution in [3.8, 4) is 0 Å². The number of hydrogen-bond donors (Lipinski definition) is 2. The minimum Gasteiger partial charge on any atom is -0.378 e. The summed E-state index contributed by atoms with van der Waals surface area (Å²) in [5.74, 6) is -0.547. The molecule has 2 aromatic rings. The van der Waals surface area contributed by atoms with Crippen LogP contribution >= 0.6 is 11.6 Å². The highest BCUT2D eigenvalue weighted by Crippen LogP contribution is 2.24. The average Bonchev–Trinajstić information content (AvgIpc) is 3.31. The number of morpholine rings is 1. The Morgan fingerprint density at radius 2 is 2.00 bits per heavy atom. The van der Waals surface area contributed by atoms with E-state index in [1.807, 2.05) is 0 Å². The quantitative estimate of drug-likeness (QED) is 0.698. The second-order valence-corrected chi connectivity index (χ2v) is 9.59. The Morgan fingerprint density at radius 3 is 2.73 bits per heavy atom. The molecule has 0 radical (unpaired) electrons. The number of amides is 2. The van der Waals surface area contributed by atoms with E-state index in [1.165, 1.54) is 11.0 Å². The SMILES string of the molecule is CC(C(=O)N1CCOCC1)N1CCC(NS(=O)(=O)c2cc3cc(Cl)ccc3[nH]2)C1=O. The number of halogens is 1. The van der Waals surface area contributed by atoms with Gasteiger partial charge in [-0.3, -0.25) is 9.59 Å². The first-order valence-electron chi connectivity index (χ1n) is 9.74. The number of ether oxygens (including phenoxy) is 1. The Balaban J connectivity index is 1.45. The third-order valence-electron chi connectivity index (χ3n) is 5.53. The fourth-order valence-corrected chi connectivity index (χ4v) is 5.28.